The molecule has 0 radical (unpaired) electrons. The molecule has 0 spiro atoms. The average molecular weight is 378 g/mol. The molecule has 1 atom stereocenters. The van der Waals surface area contributed by atoms with Gasteiger partial charge in [0.1, 0.15) is 17.7 Å². The third-order valence-corrected chi connectivity index (χ3v) is 6.49. The zero-order chi connectivity index (χ0) is 19.3. The topological polar surface area (TPSA) is 105 Å². The van der Waals surface area contributed by atoms with Crippen LogP contribution in [0.2, 0.25) is 0 Å². The summed E-state index contributed by atoms with van der Waals surface area (Å²) in [4.78, 5) is 11.8. The molecule has 2 heterocycles. The normalized spacial score (nSPS) is 18.5. The molecule has 0 bridgehead atoms. The Hall–Kier alpha value is -2.26. The minimum atomic E-state index is -3.98. The standard InChI is InChI=1S/C17H22N4O4S/c1-11-18-19-15-10-21(14(16(22)23)9-20(11)15)26(24,25)13-7-5-12(6-8-13)17(2,3)4/h5-8,14H,9-10H2,1-4H3,(H,22,23). The molecule has 9 heteroatoms. The number of aromatic nitrogens is 3. The van der Waals surface area contributed by atoms with Gasteiger partial charge in [-0.2, -0.15) is 4.31 Å². The molecule has 1 aliphatic heterocycles. The largest absolute Gasteiger partial charge is 0.480 e. The van der Waals surface area contributed by atoms with Crippen molar-refractivity contribution in [1.29, 1.82) is 0 Å². The van der Waals surface area contributed by atoms with Crippen LogP contribution in [0.3, 0.4) is 0 Å². The summed E-state index contributed by atoms with van der Waals surface area (Å²) in [5.41, 5.74) is 0.894. The maximum absolute atomic E-state index is 13.1. The number of benzene rings is 1. The van der Waals surface area contributed by atoms with Crippen molar-refractivity contribution in [3.63, 3.8) is 0 Å². The fourth-order valence-corrected chi connectivity index (χ4v) is 4.54. The third-order valence-electron chi connectivity index (χ3n) is 4.62. The van der Waals surface area contributed by atoms with Crippen molar-refractivity contribution in [2.24, 2.45) is 0 Å². The maximum Gasteiger partial charge on any atom is 0.323 e. The predicted molar refractivity (Wildman–Crippen MR) is 94.1 cm³/mol. The van der Waals surface area contributed by atoms with Crippen molar-refractivity contribution in [3.8, 4) is 0 Å². The minimum Gasteiger partial charge on any atom is -0.480 e. The van der Waals surface area contributed by atoms with Gasteiger partial charge in [0.05, 0.1) is 18.0 Å². The van der Waals surface area contributed by atoms with Crippen molar-refractivity contribution in [3.05, 3.63) is 41.5 Å². The van der Waals surface area contributed by atoms with E-state index in [9.17, 15) is 18.3 Å². The predicted octanol–water partition coefficient (Wildman–Crippen LogP) is 1.54. The second-order valence-electron chi connectivity index (χ2n) is 7.45. The average Bonchev–Trinajstić information content (AvgIpc) is 2.93. The van der Waals surface area contributed by atoms with E-state index in [4.69, 9.17) is 0 Å². The van der Waals surface area contributed by atoms with E-state index >= 15 is 0 Å². The Labute approximate surface area is 152 Å². The Morgan fingerprint density at radius 2 is 1.81 bits per heavy atom. The molecule has 1 aromatic carbocycles. The Balaban J connectivity index is 2.01. The molecule has 8 nitrogen and oxygen atoms in total. The van der Waals surface area contributed by atoms with E-state index in [2.05, 4.69) is 10.2 Å². The van der Waals surface area contributed by atoms with Gasteiger partial charge in [-0.05, 0) is 30.0 Å². The molecule has 0 fully saturated rings. The number of fused-ring (bicyclic) bond motifs is 1. The summed E-state index contributed by atoms with van der Waals surface area (Å²) in [6.45, 7) is 7.69. The van der Waals surface area contributed by atoms with E-state index in [-0.39, 0.29) is 23.4 Å². The van der Waals surface area contributed by atoms with Crippen LogP contribution in [0.15, 0.2) is 29.2 Å². The van der Waals surface area contributed by atoms with Gasteiger partial charge in [-0.15, -0.1) is 10.2 Å². The fraction of sp³-hybridized carbons (Fsp3) is 0.471. The molecule has 2 aromatic rings. The number of carboxylic acid groups (broad SMARTS) is 1. The van der Waals surface area contributed by atoms with Crippen LogP contribution < -0.4 is 0 Å². The number of hydrogen-bond donors (Lipinski definition) is 1. The third kappa shape index (κ3) is 3.12. The van der Waals surface area contributed by atoms with Gasteiger partial charge in [0.2, 0.25) is 10.0 Å². The number of aliphatic carboxylic acids is 1. The second-order valence-corrected chi connectivity index (χ2v) is 9.34. The van der Waals surface area contributed by atoms with Crippen molar-refractivity contribution >= 4 is 16.0 Å². The molecule has 0 aliphatic carbocycles. The first-order valence-corrected chi connectivity index (χ1v) is 9.69. The van der Waals surface area contributed by atoms with Crippen molar-refractivity contribution in [2.75, 3.05) is 0 Å². The van der Waals surface area contributed by atoms with E-state index < -0.39 is 22.0 Å². The molecule has 3 rings (SSSR count). The lowest BCUT2D eigenvalue weighted by Gasteiger charge is -2.32. The van der Waals surface area contributed by atoms with E-state index in [1.165, 1.54) is 12.1 Å². The number of hydrogen-bond acceptors (Lipinski definition) is 5. The summed E-state index contributed by atoms with van der Waals surface area (Å²) in [6.07, 6.45) is 0. The van der Waals surface area contributed by atoms with Crippen LogP contribution in [-0.2, 0) is 33.3 Å². The van der Waals surface area contributed by atoms with Crippen LogP contribution in [0.4, 0.5) is 0 Å². The summed E-state index contributed by atoms with van der Waals surface area (Å²) in [5.74, 6) is -0.189. The minimum absolute atomic E-state index is 0.0111. The second kappa shape index (κ2) is 6.17. The monoisotopic (exact) mass is 378 g/mol. The summed E-state index contributed by atoms with van der Waals surface area (Å²) in [5, 5.41) is 17.4. The smallest absolute Gasteiger partial charge is 0.323 e. The maximum atomic E-state index is 13.1. The van der Waals surface area contributed by atoms with Crippen molar-refractivity contribution in [2.45, 2.75) is 57.1 Å². The van der Waals surface area contributed by atoms with Crippen LogP contribution in [0.1, 0.15) is 38.0 Å². The first kappa shape index (κ1) is 18.5. The van der Waals surface area contributed by atoms with Gasteiger partial charge in [-0.3, -0.25) is 4.79 Å². The molecule has 1 aromatic heterocycles. The van der Waals surface area contributed by atoms with Gasteiger partial charge < -0.3 is 9.67 Å². The quantitative estimate of drug-likeness (QED) is 0.868. The van der Waals surface area contributed by atoms with E-state index in [1.807, 2.05) is 20.8 Å². The summed E-state index contributed by atoms with van der Waals surface area (Å²) in [6, 6.07) is 5.38. The molecule has 26 heavy (non-hydrogen) atoms. The van der Waals surface area contributed by atoms with Gasteiger partial charge in [-0.25, -0.2) is 8.42 Å². The van der Waals surface area contributed by atoms with Gasteiger partial charge in [0.25, 0.3) is 0 Å². The van der Waals surface area contributed by atoms with Crippen LogP contribution in [0, 0.1) is 6.92 Å². The molecule has 0 saturated carbocycles. The molecule has 1 unspecified atom stereocenters. The number of rotatable bonds is 3. The Kier molecular flexibility index (Phi) is 4.40. The van der Waals surface area contributed by atoms with E-state index in [0.29, 0.717) is 11.6 Å². The van der Waals surface area contributed by atoms with Crippen LogP contribution in [0.5, 0.6) is 0 Å². The summed E-state index contributed by atoms with van der Waals surface area (Å²) < 4.78 is 28.8. The molecular weight excluding hydrogens is 356 g/mol. The molecule has 140 valence electrons. The number of nitrogens with zero attached hydrogens (tertiary/aromatic N) is 4. The molecule has 0 amide bonds. The zero-order valence-corrected chi connectivity index (χ0v) is 16.0. The van der Waals surface area contributed by atoms with E-state index in [1.54, 1.807) is 23.6 Å². The first-order chi connectivity index (χ1) is 12.0. The van der Waals surface area contributed by atoms with Gasteiger partial charge in [-0.1, -0.05) is 32.9 Å². The number of aryl methyl sites for hydroxylation is 1. The lowest BCUT2D eigenvalue weighted by atomic mass is 9.87. The Morgan fingerprint density at radius 1 is 1.19 bits per heavy atom. The van der Waals surface area contributed by atoms with Crippen LogP contribution >= 0.6 is 0 Å². The molecule has 0 saturated heterocycles. The highest BCUT2D eigenvalue weighted by atomic mass is 32.2. The number of carboxylic acids is 1. The zero-order valence-electron chi connectivity index (χ0n) is 15.2. The lowest BCUT2D eigenvalue weighted by molar-refractivity contribution is -0.142. The van der Waals surface area contributed by atoms with Gasteiger partial charge in [0.15, 0.2) is 0 Å². The van der Waals surface area contributed by atoms with Crippen LogP contribution in [0.25, 0.3) is 0 Å². The Morgan fingerprint density at radius 3 is 2.35 bits per heavy atom. The van der Waals surface area contributed by atoms with Gasteiger partial charge in [0, 0.05) is 0 Å². The summed E-state index contributed by atoms with van der Waals surface area (Å²) in [7, 11) is -3.98. The molecular formula is C17H22N4O4S. The molecule has 1 N–H and O–H groups in total. The van der Waals surface area contributed by atoms with Crippen LogP contribution in [-0.4, -0.2) is 44.6 Å². The highest BCUT2D eigenvalue weighted by Gasteiger charge is 2.41. The SMILES string of the molecule is Cc1nnc2n1CC(C(=O)O)N(S(=O)(=O)c1ccc(C(C)(C)C)cc1)C2. The van der Waals surface area contributed by atoms with Crippen molar-refractivity contribution < 1.29 is 18.3 Å². The van der Waals surface area contributed by atoms with Crippen molar-refractivity contribution in [1.82, 2.24) is 19.1 Å². The lowest BCUT2D eigenvalue weighted by Crippen LogP contribution is -2.50. The number of carbonyl (C=O) groups is 1. The summed E-state index contributed by atoms with van der Waals surface area (Å²) >= 11 is 0. The highest BCUT2D eigenvalue weighted by Crippen LogP contribution is 2.28. The Bertz CT molecular complexity index is 942. The first-order valence-electron chi connectivity index (χ1n) is 8.25. The van der Waals surface area contributed by atoms with Gasteiger partial charge >= 0.3 is 5.97 Å². The fourth-order valence-electron chi connectivity index (χ4n) is 3.01. The number of sulfonamides is 1. The molecule has 1 aliphatic rings. The van der Waals surface area contributed by atoms with E-state index in [0.717, 1.165) is 9.87 Å². The highest BCUT2D eigenvalue weighted by molar-refractivity contribution is 7.89.